The average molecular weight is 360 g/mol. The summed E-state index contributed by atoms with van der Waals surface area (Å²) in [6.07, 6.45) is 1.53. The molecule has 2 N–H and O–H groups in total. The van der Waals surface area contributed by atoms with Gasteiger partial charge in [0.15, 0.2) is 5.78 Å². The highest BCUT2D eigenvalue weighted by Crippen LogP contribution is 2.20. The molecule has 6 heteroatoms. The number of ketones is 1. The Balaban J connectivity index is 1.78. The molecule has 0 atom stereocenters. The van der Waals surface area contributed by atoms with Crippen molar-refractivity contribution in [1.29, 1.82) is 0 Å². The molecular formula is C21H20N4O2. The van der Waals surface area contributed by atoms with Gasteiger partial charge >= 0.3 is 0 Å². The number of amides is 1. The topological polar surface area (TPSA) is 84.0 Å². The van der Waals surface area contributed by atoms with Crippen LogP contribution in [0.25, 0.3) is 0 Å². The Hall–Kier alpha value is -3.54. The zero-order valence-electron chi connectivity index (χ0n) is 15.4. The Morgan fingerprint density at radius 2 is 1.81 bits per heavy atom. The first kappa shape index (κ1) is 18.3. The lowest BCUT2D eigenvalue weighted by atomic mass is 10.1. The normalized spacial score (nSPS) is 10.3. The fourth-order valence-corrected chi connectivity index (χ4v) is 2.55. The second-order valence-corrected chi connectivity index (χ2v) is 6.30. The van der Waals surface area contributed by atoms with E-state index in [9.17, 15) is 9.59 Å². The number of aryl methyl sites for hydroxylation is 2. The van der Waals surface area contributed by atoms with Crippen LogP contribution in [0.15, 0.2) is 54.7 Å². The lowest BCUT2D eigenvalue weighted by molar-refractivity contribution is 0.100. The van der Waals surface area contributed by atoms with E-state index in [4.69, 9.17) is 0 Å². The Bertz CT molecular complexity index is 1010. The second kappa shape index (κ2) is 7.78. The van der Waals surface area contributed by atoms with Crippen LogP contribution in [0, 0.1) is 13.8 Å². The molecule has 2 aromatic carbocycles. The van der Waals surface area contributed by atoms with Gasteiger partial charge in [0, 0.05) is 23.1 Å². The molecule has 0 aliphatic carbocycles. The number of nitrogens with zero attached hydrogens (tertiary/aromatic N) is 2. The summed E-state index contributed by atoms with van der Waals surface area (Å²) in [6, 6.07) is 14.4. The van der Waals surface area contributed by atoms with Crippen molar-refractivity contribution in [2.45, 2.75) is 20.8 Å². The van der Waals surface area contributed by atoms with Gasteiger partial charge in [-0.2, -0.15) is 0 Å². The molecule has 0 aliphatic rings. The summed E-state index contributed by atoms with van der Waals surface area (Å²) in [5.74, 6) is -0.0934. The van der Waals surface area contributed by atoms with Crippen molar-refractivity contribution in [1.82, 2.24) is 9.97 Å². The SMILES string of the molecule is CC(=O)c1cccc(NC(=O)c2ccnc(Nc3cc(C)ccc3C)n2)c1. The van der Waals surface area contributed by atoms with Gasteiger partial charge in [-0.25, -0.2) is 9.97 Å². The first-order chi connectivity index (χ1) is 12.9. The summed E-state index contributed by atoms with van der Waals surface area (Å²) in [4.78, 5) is 32.5. The number of Topliss-reactive ketones (excluding diaryl/α,β-unsaturated/α-hetero) is 1. The highest BCUT2D eigenvalue weighted by Gasteiger charge is 2.11. The minimum absolute atomic E-state index is 0.0619. The van der Waals surface area contributed by atoms with E-state index in [0.717, 1.165) is 16.8 Å². The third-order valence-corrected chi connectivity index (χ3v) is 4.05. The summed E-state index contributed by atoms with van der Waals surface area (Å²) >= 11 is 0. The molecule has 1 heterocycles. The zero-order valence-corrected chi connectivity index (χ0v) is 15.4. The third-order valence-electron chi connectivity index (χ3n) is 4.05. The summed E-state index contributed by atoms with van der Waals surface area (Å²) in [5, 5.41) is 5.91. The van der Waals surface area contributed by atoms with Gasteiger partial charge in [0.25, 0.3) is 5.91 Å². The van der Waals surface area contributed by atoms with E-state index in [2.05, 4.69) is 20.6 Å². The lowest BCUT2D eigenvalue weighted by Crippen LogP contribution is -2.15. The van der Waals surface area contributed by atoms with E-state index in [1.807, 2.05) is 32.0 Å². The molecule has 3 aromatic rings. The van der Waals surface area contributed by atoms with Gasteiger partial charge in [-0.15, -0.1) is 0 Å². The van der Waals surface area contributed by atoms with Crippen LogP contribution in [0.1, 0.15) is 38.9 Å². The smallest absolute Gasteiger partial charge is 0.274 e. The molecule has 0 bridgehead atoms. The van der Waals surface area contributed by atoms with Crippen LogP contribution in [0.3, 0.4) is 0 Å². The molecule has 0 radical (unpaired) electrons. The first-order valence-corrected chi connectivity index (χ1v) is 8.52. The van der Waals surface area contributed by atoms with Gasteiger partial charge in [0.2, 0.25) is 5.95 Å². The predicted octanol–water partition coefficient (Wildman–Crippen LogP) is 4.29. The van der Waals surface area contributed by atoms with Gasteiger partial charge in [-0.05, 0) is 56.2 Å². The number of hydrogen-bond acceptors (Lipinski definition) is 5. The first-order valence-electron chi connectivity index (χ1n) is 8.52. The van der Waals surface area contributed by atoms with Gasteiger partial charge in [0.05, 0.1) is 0 Å². The van der Waals surface area contributed by atoms with E-state index in [1.165, 1.54) is 13.1 Å². The molecular weight excluding hydrogens is 340 g/mol. The minimum Gasteiger partial charge on any atom is -0.324 e. The van der Waals surface area contributed by atoms with Gasteiger partial charge < -0.3 is 10.6 Å². The third kappa shape index (κ3) is 4.55. The average Bonchev–Trinajstić information content (AvgIpc) is 2.65. The van der Waals surface area contributed by atoms with Crippen molar-refractivity contribution in [3.05, 3.63) is 77.1 Å². The summed E-state index contributed by atoms with van der Waals surface area (Å²) in [6.45, 7) is 5.47. The van der Waals surface area contributed by atoms with Gasteiger partial charge in [-0.3, -0.25) is 9.59 Å². The molecule has 0 aliphatic heterocycles. The van der Waals surface area contributed by atoms with Crippen LogP contribution < -0.4 is 10.6 Å². The highest BCUT2D eigenvalue weighted by atomic mass is 16.2. The van der Waals surface area contributed by atoms with Crippen LogP contribution >= 0.6 is 0 Å². The van der Waals surface area contributed by atoms with Crippen LogP contribution in [-0.4, -0.2) is 21.7 Å². The molecule has 0 spiro atoms. The van der Waals surface area contributed by atoms with Crippen molar-refractivity contribution in [2.24, 2.45) is 0 Å². The van der Waals surface area contributed by atoms with E-state index >= 15 is 0 Å². The van der Waals surface area contributed by atoms with E-state index in [0.29, 0.717) is 17.2 Å². The van der Waals surface area contributed by atoms with Crippen molar-refractivity contribution in [2.75, 3.05) is 10.6 Å². The quantitative estimate of drug-likeness (QED) is 0.663. The molecule has 6 nitrogen and oxygen atoms in total. The lowest BCUT2D eigenvalue weighted by Gasteiger charge is -2.10. The van der Waals surface area contributed by atoms with Crippen molar-refractivity contribution < 1.29 is 9.59 Å². The minimum atomic E-state index is -0.373. The fourth-order valence-electron chi connectivity index (χ4n) is 2.55. The highest BCUT2D eigenvalue weighted by molar-refractivity contribution is 6.04. The molecule has 136 valence electrons. The van der Waals surface area contributed by atoms with Gasteiger partial charge in [-0.1, -0.05) is 24.3 Å². The molecule has 1 amide bonds. The molecule has 0 saturated carbocycles. The maximum atomic E-state index is 12.5. The second-order valence-electron chi connectivity index (χ2n) is 6.30. The number of aromatic nitrogens is 2. The zero-order chi connectivity index (χ0) is 19.4. The number of benzene rings is 2. The summed E-state index contributed by atoms with van der Waals surface area (Å²) < 4.78 is 0. The maximum Gasteiger partial charge on any atom is 0.274 e. The van der Waals surface area contributed by atoms with Crippen molar-refractivity contribution in [3.63, 3.8) is 0 Å². The molecule has 0 fully saturated rings. The Morgan fingerprint density at radius 1 is 1.00 bits per heavy atom. The Morgan fingerprint density at radius 3 is 2.59 bits per heavy atom. The van der Waals surface area contributed by atoms with Crippen LogP contribution in [0.4, 0.5) is 17.3 Å². The van der Waals surface area contributed by atoms with Crippen molar-refractivity contribution in [3.8, 4) is 0 Å². The maximum absolute atomic E-state index is 12.5. The van der Waals surface area contributed by atoms with Crippen LogP contribution in [-0.2, 0) is 0 Å². The standard InChI is InChI=1S/C21H20N4O2/c1-13-7-8-14(2)19(11-13)25-21-22-10-9-18(24-21)20(27)23-17-6-4-5-16(12-17)15(3)26/h4-12H,1-3H3,(H,23,27)(H,22,24,25). The molecule has 0 saturated heterocycles. The Kier molecular flexibility index (Phi) is 5.26. The number of carbonyl (C=O) groups excluding carboxylic acids is 2. The van der Waals surface area contributed by atoms with E-state index in [1.54, 1.807) is 30.3 Å². The number of carbonyl (C=O) groups is 2. The molecule has 3 rings (SSSR count). The number of nitrogens with one attached hydrogen (secondary N) is 2. The van der Waals surface area contributed by atoms with Gasteiger partial charge in [0.1, 0.15) is 5.69 Å². The largest absolute Gasteiger partial charge is 0.324 e. The predicted molar refractivity (Wildman–Crippen MR) is 106 cm³/mol. The van der Waals surface area contributed by atoms with Crippen LogP contribution in [0.2, 0.25) is 0 Å². The molecule has 27 heavy (non-hydrogen) atoms. The van der Waals surface area contributed by atoms with Crippen molar-refractivity contribution >= 4 is 29.0 Å². The summed E-state index contributed by atoms with van der Waals surface area (Å²) in [7, 11) is 0. The van der Waals surface area contributed by atoms with Crippen LogP contribution in [0.5, 0.6) is 0 Å². The monoisotopic (exact) mass is 360 g/mol. The number of rotatable bonds is 5. The fraction of sp³-hybridized carbons (Fsp3) is 0.143. The molecule has 1 aromatic heterocycles. The van der Waals surface area contributed by atoms with E-state index < -0.39 is 0 Å². The van der Waals surface area contributed by atoms with E-state index in [-0.39, 0.29) is 17.4 Å². The summed E-state index contributed by atoms with van der Waals surface area (Å²) in [5.41, 5.74) is 4.36. The Labute approximate surface area is 157 Å². The number of hydrogen-bond donors (Lipinski definition) is 2. The molecule has 0 unspecified atom stereocenters. The number of anilines is 3.